The van der Waals surface area contributed by atoms with Crippen LogP contribution in [0.4, 0.5) is 30.0 Å². The summed E-state index contributed by atoms with van der Waals surface area (Å²) in [5, 5.41) is 4.57. The number of nitrogens with two attached hydrogens (primary N) is 1. The molecule has 2 atom stereocenters. The molecular formula is C32H38F2N8O8. The number of amides is 1. The number of rotatable bonds is 15. The van der Waals surface area contributed by atoms with E-state index in [9.17, 15) is 14.0 Å². The molecule has 1 unspecified atom stereocenters. The molecule has 4 rings (SSSR count). The van der Waals surface area contributed by atoms with Gasteiger partial charge in [0.05, 0.1) is 20.3 Å². The van der Waals surface area contributed by atoms with Crippen molar-refractivity contribution in [2.24, 2.45) is 15.7 Å². The molecule has 4 N–H and O–H groups in total. The van der Waals surface area contributed by atoms with Gasteiger partial charge in [0.15, 0.2) is 18.4 Å². The molecule has 0 spiro atoms. The quantitative estimate of drug-likeness (QED) is 0.0860. The highest BCUT2D eigenvalue weighted by Crippen LogP contribution is 2.35. The lowest BCUT2D eigenvalue weighted by molar-refractivity contribution is -0.0946. The van der Waals surface area contributed by atoms with E-state index in [1.165, 1.54) is 50.5 Å². The maximum absolute atomic E-state index is 16.2. The Bertz CT molecular complexity index is 1680. The van der Waals surface area contributed by atoms with Gasteiger partial charge in [0.1, 0.15) is 35.7 Å². The average molecular weight is 701 g/mol. The summed E-state index contributed by atoms with van der Waals surface area (Å²) in [6, 6.07) is 9.90. The van der Waals surface area contributed by atoms with E-state index in [2.05, 4.69) is 30.7 Å². The lowest BCUT2D eigenvalue weighted by Crippen LogP contribution is -2.45. The zero-order valence-corrected chi connectivity index (χ0v) is 28.0. The predicted octanol–water partition coefficient (Wildman–Crippen LogP) is 4.62. The first kappa shape index (κ1) is 37.0. The molecule has 2 aromatic carbocycles. The summed E-state index contributed by atoms with van der Waals surface area (Å²) < 4.78 is 60.8. The van der Waals surface area contributed by atoms with E-state index in [1.807, 2.05) is 0 Å². The number of hydrazine groups is 1. The molecule has 50 heavy (non-hydrogen) atoms. The van der Waals surface area contributed by atoms with Crippen molar-refractivity contribution < 1.29 is 46.8 Å². The van der Waals surface area contributed by atoms with Crippen LogP contribution in [0.5, 0.6) is 11.5 Å². The van der Waals surface area contributed by atoms with Crippen molar-refractivity contribution >= 4 is 35.6 Å². The van der Waals surface area contributed by atoms with Gasteiger partial charge in [0.2, 0.25) is 5.95 Å². The SMILES string of the molecule is CCOC(=O)N=C(N)c1ccc(NC(C2=N[C@@H](OCOC(=O)OC(C)(C)CF)N(c3ncccn3)N2)c2cc(OC)cc(OCC)c2F)cc1. The van der Waals surface area contributed by atoms with Crippen molar-refractivity contribution in [2.45, 2.75) is 45.7 Å². The van der Waals surface area contributed by atoms with E-state index in [1.54, 1.807) is 44.2 Å². The zero-order valence-electron chi connectivity index (χ0n) is 28.0. The number of hydrogen-bond acceptors (Lipinski definition) is 14. The Morgan fingerprint density at radius 2 is 1.84 bits per heavy atom. The van der Waals surface area contributed by atoms with Gasteiger partial charge >= 0.3 is 12.2 Å². The van der Waals surface area contributed by atoms with Gasteiger partial charge in [-0.05, 0) is 64.1 Å². The predicted molar refractivity (Wildman–Crippen MR) is 177 cm³/mol. The molecule has 2 heterocycles. The van der Waals surface area contributed by atoms with Crippen LogP contribution in [-0.4, -0.2) is 79.6 Å². The number of benzene rings is 2. The number of aliphatic imine (C=N–C) groups is 2. The molecule has 268 valence electrons. The first-order chi connectivity index (χ1) is 24.0. The highest BCUT2D eigenvalue weighted by molar-refractivity contribution is 6.03. The number of ether oxygens (including phenoxy) is 6. The average Bonchev–Trinajstić information content (AvgIpc) is 3.52. The Labute approximate surface area is 286 Å². The number of carbonyl (C=O) groups is 2. The minimum atomic E-state index is -1.40. The summed E-state index contributed by atoms with van der Waals surface area (Å²) in [6.45, 7) is 4.84. The molecule has 1 aliphatic rings. The molecule has 16 nitrogen and oxygen atoms in total. The van der Waals surface area contributed by atoms with Crippen LogP contribution in [0.25, 0.3) is 0 Å². The fraction of sp³-hybridized carbons (Fsp3) is 0.375. The van der Waals surface area contributed by atoms with Gasteiger partial charge < -0.3 is 34.7 Å². The van der Waals surface area contributed by atoms with Gasteiger partial charge in [-0.15, -0.1) is 0 Å². The van der Waals surface area contributed by atoms with Crippen LogP contribution < -0.4 is 31.0 Å². The Kier molecular flexibility index (Phi) is 12.6. The summed E-state index contributed by atoms with van der Waals surface area (Å²) >= 11 is 0. The molecule has 3 aromatic rings. The highest BCUT2D eigenvalue weighted by atomic mass is 19.1. The number of methoxy groups -OCH3 is 1. The Morgan fingerprint density at radius 3 is 2.48 bits per heavy atom. The number of halogens is 2. The van der Waals surface area contributed by atoms with Gasteiger partial charge in [-0.25, -0.2) is 38.3 Å². The molecule has 18 heteroatoms. The maximum atomic E-state index is 16.2. The first-order valence-corrected chi connectivity index (χ1v) is 15.3. The molecule has 0 bridgehead atoms. The minimum Gasteiger partial charge on any atom is -0.497 e. The van der Waals surface area contributed by atoms with Crippen molar-refractivity contribution in [2.75, 3.05) is 44.1 Å². The minimum absolute atomic E-state index is 0.0635. The van der Waals surface area contributed by atoms with Crippen molar-refractivity contribution in [3.63, 3.8) is 0 Å². The second-order valence-corrected chi connectivity index (χ2v) is 10.9. The summed E-state index contributed by atoms with van der Waals surface area (Å²) in [5.41, 5.74) is 8.59. The van der Waals surface area contributed by atoms with Crippen LogP contribution >= 0.6 is 0 Å². The summed E-state index contributed by atoms with van der Waals surface area (Å²) in [5.74, 6) is -0.307. The van der Waals surface area contributed by atoms with Crippen molar-refractivity contribution in [1.29, 1.82) is 0 Å². The normalized spacial score (nSPS) is 15.0. The summed E-state index contributed by atoms with van der Waals surface area (Å²) in [7, 11) is 1.43. The molecule has 0 aliphatic carbocycles. The third kappa shape index (κ3) is 9.65. The van der Waals surface area contributed by atoms with Crippen LogP contribution in [-0.2, 0) is 18.9 Å². The second-order valence-electron chi connectivity index (χ2n) is 10.9. The van der Waals surface area contributed by atoms with E-state index in [0.29, 0.717) is 17.0 Å². The summed E-state index contributed by atoms with van der Waals surface area (Å²) in [6.07, 6.45) is -0.277. The second kappa shape index (κ2) is 17.0. The third-order valence-electron chi connectivity index (χ3n) is 6.68. The topological polar surface area (TPSA) is 193 Å². The summed E-state index contributed by atoms with van der Waals surface area (Å²) in [4.78, 5) is 40.7. The number of nitrogens with zero attached hydrogens (tertiary/aromatic N) is 5. The Morgan fingerprint density at radius 1 is 1.12 bits per heavy atom. The van der Waals surface area contributed by atoms with Crippen LogP contribution in [0, 0.1) is 5.82 Å². The lowest BCUT2D eigenvalue weighted by atomic mass is 10.0. The molecule has 0 radical (unpaired) electrons. The van der Waals surface area contributed by atoms with Crippen molar-refractivity contribution in [3.8, 4) is 11.5 Å². The van der Waals surface area contributed by atoms with E-state index < -0.39 is 49.5 Å². The molecule has 0 fully saturated rings. The van der Waals surface area contributed by atoms with E-state index >= 15 is 4.39 Å². The van der Waals surface area contributed by atoms with E-state index in [0.717, 1.165) is 0 Å². The fourth-order valence-corrected chi connectivity index (χ4v) is 4.32. The van der Waals surface area contributed by atoms with Gasteiger partial charge in [-0.2, -0.15) is 4.99 Å². The Balaban J connectivity index is 1.70. The zero-order chi connectivity index (χ0) is 36.3. The molecule has 0 saturated carbocycles. The number of amidine groups is 2. The van der Waals surface area contributed by atoms with Gasteiger partial charge in [-0.3, -0.25) is 10.2 Å². The molecule has 1 amide bonds. The largest absolute Gasteiger partial charge is 0.511 e. The van der Waals surface area contributed by atoms with Crippen LogP contribution in [0.1, 0.15) is 44.9 Å². The number of anilines is 2. The Hall–Kier alpha value is -5.78. The molecule has 1 aromatic heterocycles. The number of hydrogen-bond donors (Lipinski definition) is 3. The maximum Gasteiger partial charge on any atom is 0.511 e. The van der Waals surface area contributed by atoms with Crippen LogP contribution in [0.15, 0.2) is 64.8 Å². The standard InChI is InChI=1S/C32H38F2N8O8/c1-6-46-23-16-21(45-5)15-22(24(23)34)25(38-20-11-9-19(10-12-20)26(35)39-30(43)47-7-2)27-40-29(42(41-27)28-36-13-8-14-37-28)48-18-49-31(44)50-32(3,4)17-33/h8-16,25,29,38H,6-7,17-18H2,1-5H3,(H,40,41)(H2,35,39,43)/t25?,29-/m1/s1. The molecule has 0 saturated heterocycles. The van der Waals surface area contributed by atoms with Crippen LogP contribution in [0.2, 0.25) is 0 Å². The van der Waals surface area contributed by atoms with Gasteiger partial charge in [0, 0.05) is 35.3 Å². The number of alkyl halides is 1. The van der Waals surface area contributed by atoms with Gasteiger partial charge in [-0.1, -0.05) is 0 Å². The van der Waals surface area contributed by atoms with Crippen molar-refractivity contribution in [1.82, 2.24) is 15.4 Å². The molecule has 1 aliphatic heterocycles. The number of carbonyl (C=O) groups excluding carboxylic acids is 2. The molecular weight excluding hydrogens is 662 g/mol. The fourth-order valence-electron chi connectivity index (χ4n) is 4.32. The first-order valence-electron chi connectivity index (χ1n) is 15.3. The van der Waals surface area contributed by atoms with Gasteiger partial charge in [0.25, 0.3) is 6.35 Å². The van der Waals surface area contributed by atoms with E-state index in [4.69, 9.17) is 34.2 Å². The third-order valence-corrected chi connectivity index (χ3v) is 6.68. The number of nitrogens with one attached hydrogen (secondary N) is 2. The lowest BCUT2D eigenvalue weighted by Gasteiger charge is -2.25. The van der Waals surface area contributed by atoms with Crippen LogP contribution in [0.3, 0.4) is 0 Å². The monoisotopic (exact) mass is 700 g/mol. The van der Waals surface area contributed by atoms with Crippen molar-refractivity contribution in [3.05, 3.63) is 71.8 Å². The van der Waals surface area contributed by atoms with E-state index in [-0.39, 0.29) is 42.1 Å². The number of aromatic nitrogens is 2. The highest BCUT2D eigenvalue weighted by Gasteiger charge is 2.36. The smallest absolute Gasteiger partial charge is 0.497 e.